The number of methoxy groups -OCH3 is 2. The summed E-state index contributed by atoms with van der Waals surface area (Å²) < 4.78 is 10.7. The van der Waals surface area contributed by atoms with Gasteiger partial charge in [-0.2, -0.15) is 0 Å². The summed E-state index contributed by atoms with van der Waals surface area (Å²) in [5, 5.41) is 0. The van der Waals surface area contributed by atoms with Gasteiger partial charge in [-0.05, 0) is 43.4 Å². The lowest BCUT2D eigenvalue weighted by molar-refractivity contribution is -0.135. The molecule has 1 aliphatic heterocycles. The summed E-state index contributed by atoms with van der Waals surface area (Å²) in [4.78, 5) is 14.8. The molecule has 0 aromatic heterocycles. The van der Waals surface area contributed by atoms with Gasteiger partial charge in [-0.1, -0.05) is 6.42 Å². The highest BCUT2D eigenvalue weighted by Crippen LogP contribution is 2.34. The second-order valence-electron chi connectivity index (χ2n) is 7.04. The van der Waals surface area contributed by atoms with Crippen LogP contribution in [0.25, 0.3) is 0 Å². The number of ether oxygens (including phenoxy) is 2. The predicted molar refractivity (Wildman–Crippen MR) is 93.4 cm³/mol. The fraction of sp³-hybridized carbons (Fsp3) is 0.632. The number of hydrogen-bond acceptors (Lipinski definition) is 4. The van der Waals surface area contributed by atoms with E-state index in [0.29, 0.717) is 11.8 Å². The van der Waals surface area contributed by atoms with Crippen molar-refractivity contribution in [1.82, 2.24) is 4.90 Å². The van der Waals surface area contributed by atoms with E-state index >= 15 is 0 Å². The molecule has 1 aliphatic carbocycles. The average molecular weight is 332 g/mol. The van der Waals surface area contributed by atoms with E-state index in [1.165, 1.54) is 5.56 Å². The molecule has 5 nitrogen and oxygen atoms in total. The van der Waals surface area contributed by atoms with Crippen LogP contribution in [0.4, 0.5) is 0 Å². The number of nitrogens with two attached hydrogens (primary N) is 1. The van der Waals surface area contributed by atoms with Crippen LogP contribution in [0.1, 0.15) is 43.6 Å². The van der Waals surface area contributed by atoms with E-state index in [-0.39, 0.29) is 12.0 Å². The van der Waals surface area contributed by atoms with E-state index in [9.17, 15) is 4.79 Å². The van der Waals surface area contributed by atoms with Gasteiger partial charge in [-0.15, -0.1) is 0 Å². The van der Waals surface area contributed by atoms with Crippen molar-refractivity contribution < 1.29 is 14.3 Å². The smallest absolute Gasteiger partial charge is 0.225 e. The number of amides is 1. The number of carbonyl (C=O) groups excluding carboxylic acids is 1. The third kappa shape index (κ3) is 3.66. The topological polar surface area (TPSA) is 64.8 Å². The molecule has 0 spiro atoms. The third-order valence-electron chi connectivity index (χ3n) is 5.41. The molecule has 0 radical (unpaired) electrons. The molecular formula is C19H28N2O3. The highest BCUT2D eigenvalue weighted by atomic mass is 16.5. The lowest BCUT2D eigenvalue weighted by Gasteiger charge is -2.29. The van der Waals surface area contributed by atoms with Crippen molar-refractivity contribution in [3.05, 3.63) is 23.8 Å². The highest BCUT2D eigenvalue weighted by Gasteiger charge is 2.33. The molecule has 1 heterocycles. The first-order chi connectivity index (χ1) is 11.6. The molecule has 1 saturated heterocycles. The maximum absolute atomic E-state index is 12.8. The first kappa shape index (κ1) is 17.1. The molecule has 0 bridgehead atoms. The molecule has 24 heavy (non-hydrogen) atoms. The first-order valence-electron chi connectivity index (χ1n) is 8.88. The summed E-state index contributed by atoms with van der Waals surface area (Å²) >= 11 is 0. The van der Waals surface area contributed by atoms with Crippen molar-refractivity contribution in [2.75, 3.05) is 27.3 Å². The number of carbonyl (C=O) groups is 1. The van der Waals surface area contributed by atoms with Crippen LogP contribution in [-0.2, 0) is 4.79 Å². The summed E-state index contributed by atoms with van der Waals surface area (Å²) in [6, 6.07) is 6.17. The fourth-order valence-electron chi connectivity index (χ4n) is 4.01. The zero-order valence-corrected chi connectivity index (χ0v) is 14.7. The van der Waals surface area contributed by atoms with Crippen LogP contribution < -0.4 is 15.2 Å². The van der Waals surface area contributed by atoms with Gasteiger partial charge >= 0.3 is 0 Å². The van der Waals surface area contributed by atoms with Crippen molar-refractivity contribution in [3.8, 4) is 11.5 Å². The molecule has 1 amide bonds. The molecule has 3 rings (SSSR count). The van der Waals surface area contributed by atoms with Crippen LogP contribution in [0.15, 0.2) is 18.2 Å². The van der Waals surface area contributed by atoms with Gasteiger partial charge in [0.15, 0.2) is 0 Å². The number of rotatable bonds is 4. The third-order valence-corrected chi connectivity index (χ3v) is 5.41. The van der Waals surface area contributed by atoms with Gasteiger partial charge < -0.3 is 20.1 Å². The molecular weight excluding hydrogens is 304 g/mol. The van der Waals surface area contributed by atoms with Gasteiger partial charge in [0.25, 0.3) is 0 Å². The van der Waals surface area contributed by atoms with Crippen molar-refractivity contribution in [3.63, 3.8) is 0 Å². The Hall–Kier alpha value is -1.75. The summed E-state index contributed by atoms with van der Waals surface area (Å²) in [5.41, 5.74) is 7.23. The van der Waals surface area contributed by atoms with Crippen LogP contribution in [0.5, 0.6) is 11.5 Å². The SMILES string of the molecule is COc1cc(OC)cc(C2CCN(C(=O)C3CCCC(N)C3)C2)c1. The van der Waals surface area contributed by atoms with E-state index in [2.05, 4.69) is 12.1 Å². The highest BCUT2D eigenvalue weighted by molar-refractivity contribution is 5.79. The second-order valence-corrected chi connectivity index (χ2v) is 7.04. The Morgan fingerprint density at radius 1 is 1.12 bits per heavy atom. The Morgan fingerprint density at radius 2 is 1.83 bits per heavy atom. The Balaban J connectivity index is 1.67. The molecule has 2 fully saturated rings. The van der Waals surface area contributed by atoms with E-state index in [1.807, 2.05) is 11.0 Å². The van der Waals surface area contributed by atoms with Gasteiger partial charge in [0.05, 0.1) is 14.2 Å². The van der Waals surface area contributed by atoms with Crippen LogP contribution in [0.3, 0.4) is 0 Å². The summed E-state index contributed by atoms with van der Waals surface area (Å²) in [7, 11) is 3.32. The van der Waals surface area contributed by atoms with E-state index in [1.54, 1.807) is 14.2 Å². The minimum absolute atomic E-state index is 0.118. The molecule has 2 N–H and O–H groups in total. The largest absolute Gasteiger partial charge is 0.497 e. The normalized spacial score (nSPS) is 27.1. The van der Waals surface area contributed by atoms with Gasteiger partial charge in [-0.25, -0.2) is 0 Å². The van der Waals surface area contributed by atoms with Crippen LogP contribution in [-0.4, -0.2) is 44.2 Å². The predicted octanol–water partition coefficient (Wildman–Crippen LogP) is 2.54. The van der Waals surface area contributed by atoms with Crippen LogP contribution in [0, 0.1) is 5.92 Å². The molecule has 3 atom stereocenters. The van der Waals surface area contributed by atoms with E-state index in [0.717, 1.165) is 56.7 Å². The van der Waals surface area contributed by atoms with Crippen molar-refractivity contribution in [2.45, 2.75) is 44.1 Å². The summed E-state index contributed by atoms with van der Waals surface area (Å²) in [6.45, 7) is 1.61. The second kappa shape index (κ2) is 7.43. The number of likely N-dealkylation sites (tertiary alicyclic amines) is 1. The molecule has 5 heteroatoms. The monoisotopic (exact) mass is 332 g/mol. The van der Waals surface area contributed by atoms with Gasteiger partial charge in [-0.3, -0.25) is 4.79 Å². The van der Waals surface area contributed by atoms with E-state index in [4.69, 9.17) is 15.2 Å². The van der Waals surface area contributed by atoms with Crippen molar-refractivity contribution in [2.24, 2.45) is 11.7 Å². The Labute approximate surface area is 144 Å². The standard InChI is InChI=1S/C19H28N2O3/c1-23-17-9-15(10-18(11-17)24-2)14-6-7-21(12-14)19(22)13-4-3-5-16(20)8-13/h9-11,13-14,16H,3-8,12,20H2,1-2H3. The quantitative estimate of drug-likeness (QED) is 0.920. The summed E-state index contributed by atoms with van der Waals surface area (Å²) in [5.74, 6) is 2.35. The number of hydrogen-bond donors (Lipinski definition) is 1. The molecule has 2 aliphatic rings. The maximum atomic E-state index is 12.8. The number of nitrogens with zero attached hydrogens (tertiary/aromatic N) is 1. The van der Waals surface area contributed by atoms with Crippen LogP contribution >= 0.6 is 0 Å². The Kier molecular flexibility index (Phi) is 5.29. The minimum atomic E-state index is 0.118. The maximum Gasteiger partial charge on any atom is 0.225 e. The average Bonchev–Trinajstić information content (AvgIpc) is 3.10. The molecule has 3 unspecified atom stereocenters. The van der Waals surface area contributed by atoms with E-state index < -0.39 is 0 Å². The first-order valence-corrected chi connectivity index (χ1v) is 8.88. The lowest BCUT2D eigenvalue weighted by Crippen LogP contribution is -2.39. The molecule has 1 aromatic carbocycles. The molecule has 1 saturated carbocycles. The van der Waals surface area contributed by atoms with Crippen molar-refractivity contribution >= 4 is 5.91 Å². The molecule has 1 aromatic rings. The fourth-order valence-corrected chi connectivity index (χ4v) is 4.01. The van der Waals surface area contributed by atoms with Crippen molar-refractivity contribution in [1.29, 1.82) is 0 Å². The molecule has 132 valence electrons. The zero-order valence-electron chi connectivity index (χ0n) is 14.7. The summed E-state index contributed by atoms with van der Waals surface area (Å²) in [6.07, 6.45) is 4.94. The van der Waals surface area contributed by atoms with Gasteiger partial charge in [0.2, 0.25) is 5.91 Å². The van der Waals surface area contributed by atoms with Gasteiger partial charge in [0.1, 0.15) is 11.5 Å². The van der Waals surface area contributed by atoms with Gasteiger partial charge in [0, 0.05) is 37.0 Å². The number of benzene rings is 1. The zero-order chi connectivity index (χ0) is 17.1. The Morgan fingerprint density at radius 3 is 2.46 bits per heavy atom. The lowest BCUT2D eigenvalue weighted by atomic mass is 9.85. The Bertz CT molecular complexity index is 568. The minimum Gasteiger partial charge on any atom is -0.497 e. The van der Waals surface area contributed by atoms with Crippen LogP contribution in [0.2, 0.25) is 0 Å².